The van der Waals surface area contributed by atoms with Crippen LogP contribution in [-0.4, -0.2) is 61.4 Å². The normalized spacial score (nSPS) is 23.1. The van der Waals surface area contributed by atoms with Crippen LogP contribution >= 0.6 is 0 Å². The highest BCUT2D eigenvalue weighted by Crippen LogP contribution is 2.22. The van der Waals surface area contributed by atoms with Gasteiger partial charge in [0.1, 0.15) is 5.54 Å². The van der Waals surface area contributed by atoms with Crippen LogP contribution in [0.4, 0.5) is 0 Å². The maximum atomic E-state index is 12.1. The first kappa shape index (κ1) is 16.4. The monoisotopic (exact) mass is 272 g/mol. The Balaban J connectivity index is 2.84. The average molecular weight is 272 g/mol. The summed E-state index contributed by atoms with van der Waals surface area (Å²) >= 11 is 0. The minimum Gasteiger partial charge on any atom is -0.468 e. The van der Waals surface area contributed by atoms with Gasteiger partial charge in [0.05, 0.1) is 20.3 Å². The minimum atomic E-state index is -0.697. The Bertz CT molecular complexity index is 318. The SMILES string of the molecule is COC(=O)C(C)(CN1CCOCC1(C)C)NC(C)C. The van der Waals surface area contributed by atoms with Gasteiger partial charge in [0.25, 0.3) is 0 Å². The lowest BCUT2D eigenvalue weighted by atomic mass is 9.95. The Labute approximate surface area is 116 Å². The highest BCUT2D eigenvalue weighted by atomic mass is 16.5. The van der Waals surface area contributed by atoms with E-state index in [1.54, 1.807) is 0 Å². The zero-order chi connectivity index (χ0) is 14.7. The van der Waals surface area contributed by atoms with Crippen LogP contribution in [0.25, 0.3) is 0 Å². The predicted molar refractivity (Wildman–Crippen MR) is 75.2 cm³/mol. The molecule has 0 aromatic heterocycles. The summed E-state index contributed by atoms with van der Waals surface area (Å²) in [6.07, 6.45) is 0. The molecule has 112 valence electrons. The number of esters is 1. The second-order valence-corrected chi connectivity index (χ2v) is 6.41. The Hall–Kier alpha value is -0.650. The molecule has 19 heavy (non-hydrogen) atoms. The Morgan fingerprint density at radius 3 is 2.63 bits per heavy atom. The van der Waals surface area contributed by atoms with Crippen LogP contribution in [0.3, 0.4) is 0 Å². The summed E-state index contributed by atoms with van der Waals surface area (Å²) in [5.41, 5.74) is -0.760. The fourth-order valence-corrected chi connectivity index (χ4v) is 2.60. The third-order valence-electron chi connectivity index (χ3n) is 3.57. The molecule has 1 atom stereocenters. The molecule has 1 saturated heterocycles. The van der Waals surface area contributed by atoms with Crippen LogP contribution < -0.4 is 5.32 Å². The molecule has 0 aromatic rings. The van der Waals surface area contributed by atoms with E-state index in [0.29, 0.717) is 19.8 Å². The molecule has 0 aromatic carbocycles. The van der Waals surface area contributed by atoms with Gasteiger partial charge in [0, 0.05) is 24.7 Å². The molecule has 0 radical (unpaired) electrons. The molecule has 1 unspecified atom stereocenters. The van der Waals surface area contributed by atoms with Crippen LogP contribution in [0.2, 0.25) is 0 Å². The summed E-state index contributed by atoms with van der Waals surface area (Å²) < 4.78 is 10.5. The van der Waals surface area contributed by atoms with Crippen LogP contribution in [0.15, 0.2) is 0 Å². The van der Waals surface area contributed by atoms with E-state index >= 15 is 0 Å². The van der Waals surface area contributed by atoms with Crippen molar-refractivity contribution in [3.8, 4) is 0 Å². The van der Waals surface area contributed by atoms with E-state index in [4.69, 9.17) is 9.47 Å². The first-order chi connectivity index (χ1) is 8.71. The first-order valence-corrected chi connectivity index (χ1v) is 6.90. The van der Waals surface area contributed by atoms with Gasteiger partial charge in [-0.15, -0.1) is 0 Å². The Morgan fingerprint density at radius 2 is 2.16 bits per heavy atom. The zero-order valence-corrected chi connectivity index (χ0v) is 13.1. The number of nitrogens with zero attached hydrogens (tertiary/aromatic N) is 1. The summed E-state index contributed by atoms with van der Waals surface area (Å²) in [6.45, 7) is 13.1. The maximum Gasteiger partial charge on any atom is 0.327 e. The molecule has 1 rings (SSSR count). The molecular weight excluding hydrogens is 244 g/mol. The average Bonchev–Trinajstić information content (AvgIpc) is 2.29. The lowest BCUT2D eigenvalue weighted by Gasteiger charge is -2.46. The number of nitrogens with one attached hydrogen (secondary N) is 1. The number of hydrogen-bond donors (Lipinski definition) is 1. The number of rotatable bonds is 5. The largest absolute Gasteiger partial charge is 0.468 e. The maximum absolute atomic E-state index is 12.1. The van der Waals surface area contributed by atoms with E-state index in [2.05, 4.69) is 24.1 Å². The second kappa shape index (κ2) is 6.20. The van der Waals surface area contributed by atoms with Gasteiger partial charge in [0.15, 0.2) is 0 Å². The molecule has 5 nitrogen and oxygen atoms in total. The van der Waals surface area contributed by atoms with Crippen molar-refractivity contribution in [1.29, 1.82) is 0 Å². The van der Waals surface area contributed by atoms with E-state index in [9.17, 15) is 4.79 Å². The number of morpholine rings is 1. The lowest BCUT2D eigenvalue weighted by Crippen LogP contribution is -2.64. The van der Waals surface area contributed by atoms with Crippen LogP contribution in [0, 0.1) is 0 Å². The van der Waals surface area contributed by atoms with Crippen LogP contribution in [0.5, 0.6) is 0 Å². The van der Waals surface area contributed by atoms with Crippen molar-refractivity contribution in [3.63, 3.8) is 0 Å². The predicted octanol–water partition coefficient (Wildman–Crippen LogP) is 1.03. The number of ether oxygens (including phenoxy) is 2. The van der Waals surface area contributed by atoms with Crippen LogP contribution in [0.1, 0.15) is 34.6 Å². The van der Waals surface area contributed by atoms with Crippen molar-refractivity contribution < 1.29 is 14.3 Å². The Morgan fingerprint density at radius 1 is 1.53 bits per heavy atom. The fourth-order valence-electron chi connectivity index (χ4n) is 2.60. The highest BCUT2D eigenvalue weighted by Gasteiger charge is 2.41. The third-order valence-corrected chi connectivity index (χ3v) is 3.57. The minimum absolute atomic E-state index is 0.0633. The molecule has 0 amide bonds. The van der Waals surface area contributed by atoms with E-state index in [1.807, 2.05) is 20.8 Å². The van der Waals surface area contributed by atoms with Crippen molar-refractivity contribution in [3.05, 3.63) is 0 Å². The van der Waals surface area contributed by atoms with E-state index < -0.39 is 5.54 Å². The van der Waals surface area contributed by atoms with Crippen molar-refractivity contribution in [2.24, 2.45) is 0 Å². The standard InChI is InChI=1S/C14H28N2O3/c1-11(2)15-14(5,12(17)18-6)9-16-7-8-19-10-13(16,3)4/h11,15H,7-10H2,1-6H3. The second-order valence-electron chi connectivity index (χ2n) is 6.41. The van der Waals surface area contributed by atoms with Crippen molar-refractivity contribution in [2.45, 2.75) is 51.7 Å². The summed E-state index contributed by atoms with van der Waals surface area (Å²) in [7, 11) is 1.44. The van der Waals surface area contributed by atoms with Gasteiger partial charge >= 0.3 is 5.97 Å². The highest BCUT2D eigenvalue weighted by molar-refractivity contribution is 5.80. The first-order valence-electron chi connectivity index (χ1n) is 6.90. The molecule has 5 heteroatoms. The Kier molecular flexibility index (Phi) is 5.35. The van der Waals surface area contributed by atoms with Gasteiger partial charge in [-0.05, 0) is 34.6 Å². The smallest absolute Gasteiger partial charge is 0.327 e. The molecular formula is C14H28N2O3. The zero-order valence-electron chi connectivity index (χ0n) is 13.1. The summed E-state index contributed by atoms with van der Waals surface area (Å²) in [5, 5.41) is 3.33. The van der Waals surface area contributed by atoms with Crippen LogP contribution in [-0.2, 0) is 14.3 Å². The van der Waals surface area contributed by atoms with Gasteiger partial charge in [-0.25, -0.2) is 0 Å². The molecule has 0 bridgehead atoms. The van der Waals surface area contributed by atoms with Gasteiger partial charge in [-0.2, -0.15) is 0 Å². The number of carbonyl (C=O) groups excluding carboxylic acids is 1. The lowest BCUT2D eigenvalue weighted by molar-refractivity contribution is -0.151. The molecule has 0 saturated carbocycles. The molecule has 0 spiro atoms. The van der Waals surface area contributed by atoms with Crippen molar-refractivity contribution in [1.82, 2.24) is 10.2 Å². The van der Waals surface area contributed by atoms with E-state index in [1.165, 1.54) is 7.11 Å². The molecule has 1 aliphatic heterocycles. The van der Waals surface area contributed by atoms with E-state index in [-0.39, 0.29) is 17.6 Å². The van der Waals surface area contributed by atoms with Gasteiger partial charge < -0.3 is 9.47 Å². The van der Waals surface area contributed by atoms with Gasteiger partial charge in [0.2, 0.25) is 0 Å². The number of carbonyl (C=O) groups is 1. The molecule has 1 N–H and O–H groups in total. The summed E-state index contributed by atoms with van der Waals surface area (Å²) in [5.74, 6) is -0.219. The van der Waals surface area contributed by atoms with Gasteiger partial charge in [-0.3, -0.25) is 15.0 Å². The molecule has 1 fully saturated rings. The van der Waals surface area contributed by atoms with Crippen molar-refractivity contribution >= 4 is 5.97 Å². The topological polar surface area (TPSA) is 50.8 Å². The van der Waals surface area contributed by atoms with Gasteiger partial charge in [-0.1, -0.05) is 0 Å². The summed E-state index contributed by atoms with van der Waals surface area (Å²) in [6, 6.07) is 0.216. The molecule has 0 aliphatic carbocycles. The molecule has 1 heterocycles. The number of hydrogen-bond acceptors (Lipinski definition) is 5. The third kappa shape index (κ3) is 4.16. The molecule has 1 aliphatic rings. The quantitative estimate of drug-likeness (QED) is 0.758. The fraction of sp³-hybridized carbons (Fsp3) is 0.929. The summed E-state index contributed by atoms with van der Waals surface area (Å²) in [4.78, 5) is 14.4. The number of methoxy groups -OCH3 is 1. The van der Waals surface area contributed by atoms with E-state index in [0.717, 1.165) is 6.54 Å². The van der Waals surface area contributed by atoms with Crippen molar-refractivity contribution in [2.75, 3.05) is 33.4 Å².